The van der Waals surface area contributed by atoms with Gasteiger partial charge in [0.2, 0.25) is 0 Å². The fourth-order valence-corrected chi connectivity index (χ4v) is 4.43. The van der Waals surface area contributed by atoms with Gasteiger partial charge in [0.15, 0.2) is 17.4 Å². The second-order valence-electron chi connectivity index (χ2n) is 8.29. The van der Waals surface area contributed by atoms with Crippen molar-refractivity contribution >= 4 is 16.7 Å². The minimum Gasteiger partial charge on any atom is -0.487 e. The molecule has 0 aliphatic heterocycles. The predicted octanol–water partition coefficient (Wildman–Crippen LogP) is 5.06. The van der Waals surface area contributed by atoms with Gasteiger partial charge in [-0.15, -0.1) is 0 Å². The molecule has 1 aliphatic carbocycles. The third kappa shape index (κ3) is 3.92. The molecule has 1 fully saturated rings. The standard InChI is InChI=1S/C24H27FN6O/c1-3-26-23-12-21-19(13-27-23)24(30-14-16(2)28-15-30)29-31(21)17-8-10-18(11-9-17)32-22-7-5-4-6-20(22)25/h4-7,12-15,17-18H,3,8-11H2,1-2H3,(H,26,27)/t17-,18+. The Labute approximate surface area is 186 Å². The molecule has 1 aliphatic rings. The second kappa shape index (κ2) is 8.61. The average molecular weight is 435 g/mol. The van der Waals surface area contributed by atoms with Gasteiger partial charge >= 0.3 is 0 Å². The lowest BCUT2D eigenvalue weighted by Gasteiger charge is -2.29. The van der Waals surface area contributed by atoms with Crippen molar-refractivity contribution in [3.63, 3.8) is 0 Å². The van der Waals surface area contributed by atoms with Crippen LogP contribution >= 0.6 is 0 Å². The van der Waals surface area contributed by atoms with Crippen molar-refractivity contribution in [2.24, 2.45) is 0 Å². The molecule has 0 amide bonds. The molecule has 4 aromatic rings. The number of imidazole rings is 1. The number of anilines is 1. The molecular weight excluding hydrogens is 407 g/mol. The summed E-state index contributed by atoms with van der Waals surface area (Å²) in [4.78, 5) is 8.92. The summed E-state index contributed by atoms with van der Waals surface area (Å²) < 4.78 is 24.0. The van der Waals surface area contributed by atoms with Gasteiger partial charge in [0.05, 0.1) is 28.7 Å². The molecule has 5 rings (SSSR count). The Kier molecular flexibility index (Phi) is 5.51. The lowest BCUT2D eigenvalue weighted by Crippen LogP contribution is -2.26. The van der Waals surface area contributed by atoms with E-state index in [2.05, 4.69) is 33.0 Å². The van der Waals surface area contributed by atoms with Crippen LogP contribution < -0.4 is 10.1 Å². The number of hydrogen-bond donors (Lipinski definition) is 1. The van der Waals surface area contributed by atoms with Gasteiger partial charge in [-0.05, 0) is 51.7 Å². The van der Waals surface area contributed by atoms with Gasteiger partial charge in [0.25, 0.3) is 0 Å². The Morgan fingerprint density at radius 1 is 1.16 bits per heavy atom. The predicted molar refractivity (Wildman–Crippen MR) is 122 cm³/mol. The highest BCUT2D eigenvalue weighted by atomic mass is 19.1. The fourth-order valence-electron chi connectivity index (χ4n) is 4.43. The van der Waals surface area contributed by atoms with Crippen LogP contribution in [0.1, 0.15) is 44.3 Å². The number of aryl methyl sites for hydroxylation is 1. The zero-order chi connectivity index (χ0) is 22.1. The first-order valence-electron chi connectivity index (χ1n) is 11.2. The summed E-state index contributed by atoms with van der Waals surface area (Å²) in [6, 6.07) is 8.92. The molecule has 1 aromatic carbocycles. The summed E-state index contributed by atoms with van der Waals surface area (Å²) in [5.74, 6) is 1.70. The van der Waals surface area contributed by atoms with Crippen LogP contribution in [0.4, 0.5) is 10.2 Å². The van der Waals surface area contributed by atoms with E-state index in [1.165, 1.54) is 6.07 Å². The molecule has 0 bridgehead atoms. The van der Waals surface area contributed by atoms with E-state index in [-0.39, 0.29) is 18.0 Å². The van der Waals surface area contributed by atoms with E-state index in [1.54, 1.807) is 24.5 Å². The Bertz CT molecular complexity index is 1220. The number of nitrogens with zero attached hydrogens (tertiary/aromatic N) is 5. The highest BCUT2D eigenvalue weighted by Gasteiger charge is 2.27. The van der Waals surface area contributed by atoms with Crippen molar-refractivity contribution in [1.82, 2.24) is 24.3 Å². The van der Waals surface area contributed by atoms with Crippen molar-refractivity contribution in [2.45, 2.75) is 51.7 Å². The highest BCUT2D eigenvalue weighted by molar-refractivity contribution is 5.87. The first kappa shape index (κ1) is 20.5. The fraction of sp³-hybridized carbons (Fsp3) is 0.375. The number of fused-ring (bicyclic) bond motifs is 1. The number of para-hydroxylation sites is 1. The highest BCUT2D eigenvalue weighted by Crippen LogP contribution is 2.35. The van der Waals surface area contributed by atoms with Crippen molar-refractivity contribution in [2.75, 3.05) is 11.9 Å². The lowest BCUT2D eigenvalue weighted by atomic mass is 9.93. The maximum Gasteiger partial charge on any atom is 0.169 e. The van der Waals surface area contributed by atoms with Crippen LogP contribution in [0.5, 0.6) is 5.75 Å². The van der Waals surface area contributed by atoms with E-state index in [9.17, 15) is 4.39 Å². The van der Waals surface area contributed by atoms with Gasteiger partial charge in [-0.2, -0.15) is 5.10 Å². The van der Waals surface area contributed by atoms with Crippen LogP contribution in [0.25, 0.3) is 16.7 Å². The number of halogens is 1. The number of rotatable bonds is 6. The summed E-state index contributed by atoms with van der Waals surface area (Å²) in [7, 11) is 0. The van der Waals surface area contributed by atoms with Crippen LogP contribution in [0.3, 0.4) is 0 Å². The topological polar surface area (TPSA) is 69.8 Å². The van der Waals surface area contributed by atoms with Crippen LogP contribution in [0.2, 0.25) is 0 Å². The molecule has 166 valence electrons. The molecule has 0 radical (unpaired) electrons. The van der Waals surface area contributed by atoms with Crippen molar-refractivity contribution < 1.29 is 9.13 Å². The zero-order valence-corrected chi connectivity index (χ0v) is 18.3. The number of hydrogen-bond acceptors (Lipinski definition) is 5. The molecule has 0 spiro atoms. The Hall–Kier alpha value is -3.42. The number of nitrogens with one attached hydrogen (secondary N) is 1. The SMILES string of the molecule is CCNc1cc2c(cn1)c(-n1cnc(C)c1)nn2[C@H]1CC[C@@H](Oc2ccccc2F)CC1. The Morgan fingerprint density at radius 2 is 1.97 bits per heavy atom. The van der Waals surface area contributed by atoms with Crippen LogP contribution in [-0.2, 0) is 0 Å². The molecule has 32 heavy (non-hydrogen) atoms. The third-order valence-electron chi connectivity index (χ3n) is 6.01. The summed E-state index contributed by atoms with van der Waals surface area (Å²) in [6.45, 7) is 4.83. The van der Waals surface area contributed by atoms with Gasteiger partial charge in [0, 0.05) is 25.0 Å². The summed E-state index contributed by atoms with van der Waals surface area (Å²) in [5.41, 5.74) is 1.99. The number of ether oxygens (including phenoxy) is 1. The third-order valence-corrected chi connectivity index (χ3v) is 6.01. The van der Waals surface area contributed by atoms with Crippen LogP contribution in [-0.4, -0.2) is 37.0 Å². The van der Waals surface area contributed by atoms with Gasteiger partial charge in [-0.3, -0.25) is 9.25 Å². The largest absolute Gasteiger partial charge is 0.487 e. The van der Waals surface area contributed by atoms with Crippen LogP contribution in [0, 0.1) is 12.7 Å². The monoisotopic (exact) mass is 434 g/mol. The van der Waals surface area contributed by atoms with Crippen molar-refractivity contribution in [3.8, 4) is 11.6 Å². The average Bonchev–Trinajstić information content (AvgIpc) is 3.39. The van der Waals surface area contributed by atoms with E-state index in [1.807, 2.05) is 23.9 Å². The number of pyridine rings is 1. The van der Waals surface area contributed by atoms with E-state index in [4.69, 9.17) is 9.84 Å². The van der Waals surface area contributed by atoms with Gasteiger partial charge in [0.1, 0.15) is 12.1 Å². The molecule has 1 saturated carbocycles. The van der Waals surface area contributed by atoms with E-state index < -0.39 is 0 Å². The molecule has 3 heterocycles. The maximum atomic E-state index is 14.0. The smallest absolute Gasteiger partial charge is 0.169 e. The molecule has 1 N–H and O–H groups in total. The molecular formula is C24H27FN6O. The van der Waals surface area contributed by atoms with Gasteiger partial charge in [-0.1, -0.05) is 12.1 Å². The molecule has 0 atom stereocenters. The number of aromatic nitrogens is 5. The quantitative estimate of drug-likeness (QED) is 0.459. The molecule has 0 saturated heterocycles. The Morgan fingerprint density at radius 3 is 2.69 bits per heavy atom. The van der Waals surface area contributed by atoms with E-state index in [0.717, 1.165) is 60.5 Å². The Balaban J connectivity index is 1.42. The normalized spacial score (nSPS) is 18.7. The minimum absolute atomic E-state index is 0.0136. The summed E-state index contributed by atoms with van der Waals surface area (Å²) in [6.07, 6.45) is 9.20. The summed E-state index contributed by atoms with van der Waals surface area (Å²) >= 11 is 0. The number of benzene rings is 1. The summed E-state index contributed by atoms with van der Waals surface area (Å²) in [5, 5.41) is 9.28. The molecule has 8 heteroatoms. The minimum atomic E-state index is -0.309. The first-order chi connectivity index (χ1) is 15.6. The second-order valence-corrected chi connectivity index (χ2v) is 8.29. The maximum absolute atomic E-state index is 14.0. The van der Waals surface area contributed by atoms with Crippen LogP contribution in [0.15, 0.2) is 49.1 Å². The van der Waals surface area contributed by atoms with Crippen molar-refractivity contribution in [1.29, 1.82) is 0 Å². The van der Waals surface area contributed by atoms with Gasteiger partial charge in [-0.25, -0.2) is 14.4 Å². The van der Waals surface area contributed by atoms with Gasteiger partial charge < -0.3 is 10.1 Å². The van der Waals surface area contributed by atoms with E-state index >= 15 is 0 Å². The molecule has 3 aromatic heterocycles. The first-order valence-corrected chi connectivity index (χ1v) is 11.2. The molecule has 7 nitrogen and oxygen atoms in total. The zero-order valence-electron chi connectivity index (χ0n) is 18.3. The van der Waals surface area contributed by atoms with Crippen molar-refractivity contribution in [3.05, 3.63) is 60.6 Å². The van der Waals surface area contributed by atoms with E-state index in [0.29, 0.717) is 5.75 Å². The molecule has 0 unspecified atom stereocenters. The lowest BCUT2D eigenvalue weighted by molar-refractivity contribution is 0.126.